The third-order valence-electron chi connectivity index (χ3n) is 4.32. The van der Waals surface area contributed by atoms with Gasteiger partial charge >= 0.3 is 0 Å². The van der Waals surface area contributed by atoms with Crippen LogP contribution in [0.25, 0.3) is 33.2 Å². The van der Waals surface area contributed by atoms with Crippen LogP contribution in [0.4, 0.5) is 0 Å². The van der Waals surface area contributed by atoms with Gasteiger partial charge in [0.2, 0.25) is 0 Å². The van der Waals surface area contributed by atoms with Crippen LogP contribution in [0.3, 0.4) is 0 Å². The van der Waals surface area contributed by atoms with Gasteiger partial charge in [0.15, 0.2) is 0 Å². The molecule has 0 unspecified atom stereocenters. The van der Waals surface area contributed by atoms with Crippen molar-refractivity contribution >= 4 is 53.9 Å². The van der Waals surface area contributed by atoms with E-state index in [1.807, 2.05) is 43.2 Å². The van der Waals surface area contributed by atoms with Gasteiger partial charge in [0.25, 0.3) is 0 Å². The summed E-state index contributed by atoms with van der Waals surface area (Å²) in [6.45, 7) is 0. The highest BCUT2D eigenvalue weighted by Gasteiger charge is 2.04. The molecule has 0 spiro atoms. The third kappa shape index (κ3) is 3.83. The fourth-order valence-corrected chi connectivity index (χ4v) is 3.57. The lowest BCUT2D eigenvalue weighted by Gasteiger charge is -2.02. The van der Waals surface area contributed by atoms with Gasteiger partial charge in [-0.25, -0.2) is 0 Å². The van der Waals surface area contributed by atoms with E-state index in [1.54, 1.807) is 23.3 Å². The summed E-state index contributed by atoms with van der Waals surface area (Å²) in [5.41, 5.74) is 6.18. The standard InChI is InChI=1S/C13H10BrN3.C7H6BrN3/c1-17-13-6-10(7-15-12(13)8-16-17)9-3-2-4-11(14)5-9;1-11-7-2-5(8)3-9-6(7)4-10-11/h2-8H,1H3;2-4H,1H3. The number of nitrogens with zero attached hydrogens (tertiary/aromatic N) is 6. The molecule has 0 aliphatic heterocycles. The van der Waals surface area contributed by atoms with E-state index in [4.69, 9.17) is 0 Å². The molecule has 5 aromatic rings. The predicted molar refractivity (Wildman–Crippen MR) is 118 cm³/mol. The van der Waals surface area contributed by atoms with E-state index in [9.17, 15) is 0 Å². The van der Waals surface area contributed by atoms with Crippen LogP contribution in [-0.2, 0) is 14.1 Å². The number of pyridine rings is 2. The Morgan fingerprint density at radius 3 is 2.00 bits per heavy atom. The number of rotatable bonds is 1. The first kappa shape index (κ1) is 18.8. The summed E-state index contributed by atoms with van der Waals surface area (Å²) in [5.74, 6) is 0. The van der Waals surface area contributed by atoms with Gasteiger partial charge in [0.1, 0.15) is 11.0 Å². The van der Waals surface area contributed by atoms with Crippen LogP contribution < -0.4 is 0 Å². The third-order valence-corrected chi connectivity index (χ3v) is 5.25. The van der Waals surface area contributed by atoms with Crippen molar-refractivity contribution < 1.29 is 0 Å². The number of fused-ring (bicyclic) bond motifs is 2. The van der Waals surface area contributed by atoms with Crippen molar-refractivity contribution in [3.05, 3.63) is 70.1 Å². The molecule has 0 aliphatic carbocycles. The van der Waals surface area contributed by atoms with Crippen molar-refractivity contribution in [3.8, 4) is 11.1 Å². The quantitative estimate of drug-likeness (QED) is 0.321. The highest BCUT2D eigenvalue weighted by molar-refractivity contribution is 9.10. The SMILES string of the molecule is Cn1ncc2ncc(-c3cccc(Br)c3)cc21.Cn1ncc2ncc(Br)cc21. The van der Waals surface area contributed by atoms with E-state index in [-0.39, 0.29) is 0 Å². The van der Waals surface area contributed by atoms with Gasteiger partial charge in [-0.05, 0) is 45.8 Å². The molecule has 0 fully saturated rings. The van der Waals surface area contributed by atoms with Gasteiger partial charge in [-0.2, -0.15) is 10.2 Å². The second kappa shape index (κ2) is 7.81. The first-order valence-corrected chi connectivity index (χ1v) is 10.1. The number of hydrogen-bond acceptors (Lipinski definition) is 4. The lowest BCUT2D eigenvalue weighted by atomic mass is 10.1. The van der Waals surface area contributed by atoms with Crippen molar-refractivity contribution in [3.63, 3.8) is 0 Å². The molecule has 0 amide bonds. The van der Waals surface area contributed by atoms with E-state index in [0.717, 1.165) is 42.1 Å². The van der Waals surface area contributed by atoms with Crippen molar-refractivity contribution in [2.45, 2.75) is 0 Å². The highest BCUT2D eigenvalue weighted by Crippen LogP contribution is 2.24. The van der Waals surface area contributed by atoms with Crippen molar-refractivity contribution in [2.24, 2.45) is 14.1 Å². The van der Waals surface area contributed by atoms with Gasteiger partial charge < -0.3 is 0 Å². The second-order valence-corrected chi connectivity index (χ2v) is 8.06. The summed E-state index contributed by atoms with van der Waals surface area (Å²) in [4.78, 5) is 8.58. The van der Waals surface area contributed by atoms with E-state index in [0.29, 0.717) is 0 Å². The van der Waals surface area contributed by atoms with Gasteiger partial charge in [-0.15, -0.1) is 0 Å². The maximum absolute atomic E-state index is 4.41. The molecule has 0 radical (unpaired) electrons. The minimum atomic E-state index is 0.922. The Balaban J connectivity index is 0.000000151. The Labute approximate surface area is 178 Å². The summed E-state index contributed by atoms with van der Waals surface area (Å²) in [7, 11) is 3.82. The molecule has 0 aliphatic rings. The highest BCUT2D eigenvalue weighted by atomic mass is 79.9. The lowest BCUT2D eigenvalue weighted by molar-refractivity contribution is 0.797. The topological polar surface area (TPSA) is 61.4 Å². The molecule has 0 bridgehead atoms. The first-order chi connectivity index (χ1) is 13.5. The molecule has 0 saturated carbocycles. The van der Waals surface area contributed by atoms with E-state index >= 15 is 0 Å². The van der Waals surface area contributed by atoms with Gasteiger partial charge in [-0.1, -0.05) is 28.1 Å². The van der Waals surface area contributed by atoms with Crippen LogP contribution >= 0.6 is 31.9 Å². The van der Waals surface area contributed by atoms with Gasteiger partial charge in [0, 0.05) is 41.0 Å². The minimum Gasteiger partial charge on any atom is -0.266 e. The normalized spacial score (nSPS) is 10.9. The molecule has 4 aromatic heterocycles. The smallest absolute Gasteiger partial charge is 0.108 e. The summed E-state index contributed by atoms with van der Waals surface area (Å²) >= 11 is 6.83. The Morgan fingerprint density at radius 1 is 0.679 bits per heavy atom. The van der Waals surface area contributed by atoms with Crippen LogP contribution in [0.1, 0.15) is 0 Å². The van der Waals surface area contributed by atoms with Crippen molar-refractivity contribution in [2.75, 3.05) is 0 Å². The molecule has 140 valence electrons. The number of hydrogen-bond donors (Lipinski definition) is 0. The van der Waals surface area contributed by atoms with Crippen molar-refractivity contribution in [1.82, 2.24) is 29.5 Å². The monoisotopic (exact) mass is 498 g/mol. The van der Waals surface area contributed by atoms with Crippen LogP contribution in [0.2, 0.25) is 0 Å². The fraction of sp³-hybridized carbons (Fsp3) is 0.100. The summed E-state index contributed by atoms with van der Waals surface area (Å²) in [5, 5.41) is 8.26. The van der Waals surface area contributed by atoms with E-state index in [1.165, 1.54) is 0 Å². The van der Waals surface area contributed by atoms with Crippen LogP contribution in [-0.4, -0.2) is 29.5 Å². The molecule has 0 saturated heterocycles. The van der Waals surface area contributed by atoms with Crippen molar-refractivity contribution in [1.29, 1.82) is 0 Å². The largest absolute Gasteiger partial charge is 0.266 e. The molecule has 8 heteroatoms. The summed E-state index contributed by atoms with van der Waals surface area (Å²) in [6.07, 6.45) is 7.18. The molecular formula is C20H16Br2N6. The second-order valence-electron chi connectivity index (χ2n) is 6.23. The van der Waals surface area contributed by atoms with E-state index < -0.39 is 0 Å². The Hall–Kier alpha value is -2.58. The van der Waals surface area contributed by atoms with Gasteiger partial charge in [-0.3, -0.25) is 19.3 Å². The molecule has 0 N–H and O–H groups in total. The zero-order chi connectivity index (χ0) is 19.7. The summed E-state index contributed by atoms with van der Waals surface area (Å²) < 4.78 is 5.69. The first-order valence-electron chi connectivity index (χ1n) is 8.48. The predicted octanol–water partition coefficient (Wildman–Crippen LogP) is 5.13. The maximum atomic E-state index is 4.41. The average Bonchev–Trinajstić information content (AvgIpc) is 3.25. The number of benzene rings is 1. The molecular weight excluding hydrogens is 484 g/mol. The Kier molecular flexibility index (Phi) is 5.23. The number of halogens is 2. The van der Waals surface area contributed by atoms with Crippen LogP contribution in [0, 0.1) is 0 Å². The maximum Gasteiger partial charge on any atom is 0.108 e. The van der Waals surface area contributed by atoms with Gasteiger partial charge in [0.05, 0.1) is 23.4 Å². The minimum absolute atomic E-state index is 0.922. The molecule has 28 heavy (non-hydrogen) atoms. The average molecular weight is 500 g/mol. The molecule has 0 atom stereocenters. The van der Waals surface area contributed by atoms with E-state index in [2.05, 4.69) is 70.2 Å². The Morgan fingerprint density at radius 2 is 1.32 bits per heavy atom. The Bertz CT molecular complexity index is 1270. The molecule has 4 heterocycles. The lowest BCUT2D eigenvalue weighted by Crippen LogP contribution is -1.90. The fourth-order valence-electron chi connectivity index (χ4n) is 2.85. The van der Waals surface area contributed by atoms with Crippen LogP contribution in [0.5, 0.6) is 0 Å². The van der Waals surface area contributed by atoms with Crippen LogP contribution in [0.15, 0.2) is 70.1 Å². The number of aromatic nitrogens is 6. The summed E-state index contributed by atoms with van der Waals surface area (Å²) in [6, 6.07) is 12.3. The number of aryl methyl sites for hydroxylation is 2. The molecule has 5 rings (SSSR count). The molecule has 6 nitrogen and oxygen atoms in total. The zero-order valence-electron chi connectivity index (χ0n) is 15.2. The zero-order valence-corrected chi connectivity index (χ0v) is 18.4. The molecule has 1 aromatic carbocycles.